The number of aryl methyl sites for hydroxylation is 1. The highest BCUT2D eigenvalue weighted by molar-refractivity contribution is 5.94. The fraction of sp³-hybridized carbons (Fsp3) is 0.409. The first-order chi connectivity index (χ1) is 12.7. The predicted octanol–water partition coefficient (Wildman–Crippen LogP) is 3.47. The molecule has 0 bridgehead atoms. The summed E-state index contributed by atoms with van der Waals surface area (Å²) in [4.78, 5) is 14.7. The van der Waals surface area contributed by atoms with Crippen molar-refractivity contribution in [2.24, 2.45) is 5.92 Å². The Labute approximate surface area is 155 Å². The average Bonchev–Trinajstić information content (AvgIpc) is 2.68. The molecule has 0 aromatic heterocycles. The topological polar surface area (TPSA) is 52.6 Å². The van der Waals surface area contributed by atoms with Gasteiger partial charge in [0.05, 0.1) is 0 Å². The molecule has 1 aliphatic heterocycles. The summed E-state index contributed by atoms with van der Waals surface area (Å²) in [6, 6.07) is 17.1. The van der Waals surface area contributed by atoms with Gasteiger partial charge in [-0.05, 0) is 81.1 Å². The van der Waals surface area contributed by atoms with Crippen molar-refractivity contribution < 1.29 is 9.90 Å². The van der Waals surface area contributed by atoms with Crippen LogP contribution in [0.4, 0.5) is 0 Å². The van der Waals surface area contributed by atoms with Gasteiger partial charge in [-0.3, -0.25) is 4.79 Å². The van der Waals surface area contributed by atoms with Crippen LogP contribution in [0.5, 0.6) is 5.75 Å². The highest BCUT2D eigenvalue weighted by Gasteiger charge is 2.19. The van der Waals surface area contributed by atoms with Gasteiger partial charge in [0.15, 0.2) is 0 Å². The van der Waals surface area contributed by atoms with E-state index < -0.39 is 0 Å². The fourth-order valence-corrected chi connectivity index (χ4v) is 3.52. The van der Waals surface area contributed by atoms with Crippen LogP contribution in [0.3, 0.4) is 0 Å². The number of nitrogens with zero attached hydrogens (tertiary/aromatic N) is 1. The Morgan fingerprint density at radius 1 is 1.04 bits per heavy atom. The molecule has 1 fully saturated rings. The summed E-state index contributed by atoms with van der Waals surface area (Å²) in [5, 5.41) is 12.3. The highest BCUT2D eigenvalue weighted by Crippen LogP contribution is 2.17. The molecule has 0 atom stereocenters. The predicted molar refractivity (Wildman–Crippen MR) is 104 cm³/mol. The van der Waals surface area contributed by atoms with E-state index in [-0.39, 0.29) is 11.7 Å². The van der Waals surface area contributed by atoms with E-state index in [9.17, 15) is 9.90 Å². The first-order valence-corrected chi connectivity index (χ1v) is 9.54. The molecule has 2 aromatic carbocycles. The van der Waals surface area contributed by atoms with Gasteiger partial charge in [-0.2, -0.15) is 0 Å². The number of hydrogen-bond donors (Lipinski definition) is 2. The van der Waals surface area contributed by atoms with Crippen LogP contribution < -0.4 is 5.32 Å². The van der Waals surface area contributed by atoms with Crippen LogP contribution in [-0.2, 0) is 6.42 Å². The number of nitrogens with one attached hydrogen (secondary N) is 1. The second kappa shape index (κ2) is 9.39. The molecule has 0 radical (unpaired) electrons. The summed E-state index contributed by atoms with van der Waals surface area (Å²) in [5.41, 5.74) is 2.01. The van der Waals surface area contributed by atoms with E-state index in [1.807, 2.05) is 0 Å². The third-order valence-electron chi connectivity index (χ3n) is 5.17. The van der Waals surface area contributed by atoms with Gasteiger partial charge in [-0.1, -0.05) is 30.3 Å². The SMILES string of the molecule is O=C(NCC1CCN(CCCc2ccccc2)CC1)c1ccc(O)cc1. The third-order valence-corrected chi connectivity index (χ3v) is 5.17. The number of hydrogen-bond acceptors (Lipinski definition) is 3. The van der Waals surface area contributed by atoms with Crippen molar-refractivity contribution in [1.82, 2.24) is 10.2 Å². The van der Waals surface area contributed by atoms with Gasteiger partial charge >= 0.3 is 0 Å². The number of piperidine rings is 1. The summed E-state index contributed by atoms with van der Waals surface area (Å²) in [7, 11) is 0. The van der Waals surface area contributed by atoms with Crippen molar-refractivity contribution >= 4 is 5.91 Å². The van der Waals surface area contributed by atoms with E-state index in [2.05, 4.69) is 40.5 Å². The molecule has 3 rings (SSSR count). The smallest absolute Gasteiger partial charge is 0.251 e. The minimum absolute atomic E-state index is 0.0599. The van der Waals surface area contributed by atoms with Crippen LogP contribution in [0.2, 0.25) is 0 Å². The van der Waals surface area contributed by atoms with Crippen LogP contribution >= 0.6 is 0 Å². The number of likely N-dealkylation sites (tertiary alicyclic amines) is 1. The number of rotatable bonds is 7. The fourth-order valence-electron chi connectivity index (χ4n) is 3.52. The van der Waals surface area contributed by atoms with Gasteiger partial charge in [0.1, 0.15) is 5.75 Å². The molecule has 2 aromatic rings. The molecule has 138 valence electrons. The molecule has 4 heteroatoms. The van der Waals surface area contributed by atoms with Crippen molar-refractivity contribution in [3.63, 3.8) is 0 Å². The lowest BCUT2D eigenvalue weighted by Gasteiger charge is -2.32. The molecule has 1 heterocycles. The van der Waals surface area contributed by atoms with Gasteiger partial charge in [0.25, 0.3) is 5.91 Å². The van der Waals surface area contributed by atoms with Crippen molar-refractivity contribution in [3.8, 4) is 5.75 Å². The van der Waals surface area contributed by atoms with Gasteiger partial charge in [0.2, 0.25) is 0 Å². The lowest BCUT2D eigenvalue weighted by atomic mass is 9.96. The number of phenols is 1. The monoisotopic (exact) mass is 352 g/mol. The third kappa shape index (κ3) is 5.60. The zero-order valence-electron chi connectivity index (χ0n) is 15.2. The van der Waals surface area contributed by atoms with Gasteiger partial charge in [0, 0.05) is 12.1 Å². The standard InChI is InChI=1S/C22H28N2O2/c25-21-10-8-20(9-11-21)22(26)23-17-19-12-15-24(16-13-19)14-4-7-18-5-2-1-3-6-18/h1-3,5-6,8-11,19,25H,4,7,12-17H2,(H,23,26). The second-order valence-electron chi connectivity index (χ2n) is 7.13. The van der Waals surface area contributed by atoms with E-state index in [1.165, 1.54) is 12.0 Å². The van der Waals surface area contributed by atoms with Crippen LogP contribution in [0, 0.1) is 5.92 Å². The largest absolute Gasteiger partial charge is 0.508 e. The molecule has 0 saturated carbocycles. The Morgan fingerprint density at radius 3 is 2.42 bits per heavy atom. The number of benzene rings is 2. The van der Waals surface area contributed by atoms with Crippen molar-refractivity contribution in [2.45, 2.75) is 25.7 Å². The molecule has 0 spiro atoms. The maximum absolute atomic E-state index is 12.1. The van der Waals surface area contributed by atoms with E-state index in [4.69, 9.17) is 0 Å². The molecule has 1 aliphatic rings. The molecule has 1 saturated heterocycles. The lowest BCUT2D eigenvalue weighted by Crippen LogP contribution is -2.39. The molecule has 2 N–H and O–H groups in total. The number of aromatic hydroxyl groups is 1. The minimum Gasteiger partial charge on any atom is -0.508 e. The van der Waals surface area contributed by atoms with Crippen LogP contribution in [-0.4, -0.2) is 42.1 Å². The normalized spacial score (nSPS) is 15.7. The van der Waals surface area contributed by atoms with E-state index in [1.54, 1.807) is 24.3 Å². The van der Waals surface area contributed by atoms with Crippen molar-refractivity contribution in [3.05, 3.63) is 65.7 Å². The van der Waals surface area contributed by atoms with Crippen LogP contribution in [0.15, 0.2) is 54.6 Å². The maximum Gasteiger partial charge on any atom is 0.251 e. The van der Waals surface area contributed by atoms with Crippen LogP contribution in [0.25, 0.3) is 0 Å². The molecule has 26 heavy (non-hydrogen) atoms. The molecule has 4 nitrogen and oxygen atoms in total. The number of phenolic OH excluding ortho intramolecular Hbond substituents is 1. The molecule has 0 unspecified atom stereocenters. The van der Waals surface area contributed by atoms with Gasteiger partial charge in [-0.15, -0.1) is 0 Å². The summed E-state index contributed by atoms with van der Waals surface area (Å²) < 4.78 is 0. The van der Waals surface area contributed by atoms with E-state index in [0.717, 1.165) is 45.4 Å². The summed E-state index contributed by atoms with van der Waals surface area (Å²) in [5.74, 6) is 0.679. The van der Waals surface area contributed by atoms with E-state index >= 15 is 0 Å². The van der Waals surface area contributed by atoms with Crippen molar-refractivity contribution in [1.29, 1.82) is 0 Å². The number of amides is 1. The minimum atomic E-state index is -0.0599. The maximum atomic E-state index is 12.1. The van der Waals surface area contributed by atoms with Crippen molar-refractivity contribution in [2.75, 3.05) is 26.2 Å². The average molecular weight is 352 g/mol. The molecule has 0 aliphatic carbocycles. The Balaban J connectivity index is 1.32. The Morgan fingerprint density at radius 2 is 1.73 bits per heavy atom. The summed E-state index contributed by atoms with van der Waals surface area (Å²) >= 11 is 0. The first kappa shape index (κ1) is 18.5. The summed E-state index contributed by atoms with van der Waals surface area (Å²) in [6.45, 7) is 4.13. The second-order valence-corrected chi connectivity index (χ2v) is 7.13. The quantitative estimate of drug-likeness (QED) is 0.802. The zero-order chi connectivity index (χ0) is 18.2. The first-order valence-electron chi connectivity index (χ1n) is 9.54. The Hall–Kier alpha value is -2.33. The van der Waals surface area contributed by atoms with Crippen LogP contribution in [0.1, 0.15) is 35.2 Å². The Kier molecular flexibility index (Phi) is 6.67. The molecular formula is C22H28N2O2. The number of carbonyl (C=O) groups is 1. The zero-order valence-corrected chi connectivity index (χ0v) is 15.2. The molecular weight excluding hydrogens is 324 g/mol. The molecule has 1 amide bonds. The Bertz CT molecular complexity index is 677. The highest BCUT2D eigenvalue weighted by atomic mass is 16.3. The van der Waals surface area contributed by atoms with Gasteiger partial charge in [-0.25, -0.2) is 0 Å². The van der Waals surface area contributed by atoms with E-state index in [0.29, 0.717) is 11.5 Å². The number of carbonyl (C=O) groups excluding carboxylic acids is 1. The summed E-state index contributed by atoms with van der Waals surface area (Å²) in [6.07, 6.45) is 4.62. The lowest BCUT2D eigenvalue weighted by molar-refractivity contribution is 0.0936. The van der Waals surface area contributed by atoms with Gasteiger partial charge < -0.3 is 15.3 Å².